The van der Waals surface area contributed by atoms with Gasteiger partial charge in [0.05, 0.1) is 12.2 Å². The molecule has 172 valence electrons. The Kier molecular flexibility index (Phi) is 6.70. The summed E-state index contributed by atoms with van der Waals surface area (Å²) in [4.78, 5) is 39.3. The summed E-state index contributed by atoms with van der Waals surface area (Å²) in [5, 5.41) is 7.17. The number of benzene rings is 3. The van der Waals surface area contributed by atoms with Crippen LogP contribution in [0.5, 0.6) is 0 Å². The Labute approximate surface area is 199 Å². The molecular formula is C25H20ClFN4O3. The van der Waals surface area contributed by atoms with Crippen molar-refractivity contribution in [3.8, 4) is 5.69 Å². The Morgan fingerprint density at radius 2 is 1.74 bits per heavy atom. The number of nitrogens with one attached hydrogen (secondary N) is 1. The van der Waals surface area contributed by atoms with Crippen LogP contribution in [0.15, 0.2) is 82.4 Å². The van der Waals surface area contributed by atoms with Crippen molar-refractivity contribution >= 4 is 17.5 Å². The summed E-state index contributed by atoms with van der Waals surface area (Å²) in [5.41, 5.74) is 0.590. The molecule has 0 unspecified atom stereocenters. The fourth-order valence-electron chi connectivity index (χ4n) is 3.41. The minimum Gasteiger partial charge on any atom is -0.346 e. The second-order valence-corrected chi connectivity index (χ2v) is 8.15. The second-order valence-electron chi connectivity index (χ2n) is 7.71. The molecule has 0 aliphatic carbocycles. The number of carbonyl (C=O) groups is 1. The largest absolute Gasteiger partial charge is 0.352 e. The molecule has 0 saturated carbocycles. The number of aromatic nitrogens is 3. The lowest BCUT2D eigenvalue weighted by Gasteiger charge is -2.13. The van der Waals surface area contributed by atoms with Crippen molar-refractivity contribution in [2.75, 3.05) is 0 Å². The first-order valence-electron chi connectivity index (χ1n) is 10.4. The zero-order chi connectivity index (χ0) is 24.2. The zero-order valence-electron chi connectivity index (χ0n) is 18.2. The highest BCUT2D eigenvalue weighted by molar-refractivity contribution is 6.30. The van der Waals surface area contributed by atoms with Gasteiger partial charge in [-0.05, 0) is 60.0 Å². The summed E-state index contributed by atoms with van der Waals surface area (Å²) in [6, 6.07) is 19.3. The van der Waals surface area contributed by atoms with Gasteiger partial charge in [0, 0.05) is 11.6 Å². The maximum atomic E-state index is 13.2. The maximum absolute atomic E-state index is 13.2. The highest BCUT2D eigenvalue weighted by Crippen LogP contribution is 2.11. The number of amides is 1. The van der Waals surface area contributed by atoms with E-state index in [9.17, 15) is 18.8 Å². The van der Waals surface area contributed by atoms with Crippen LogP contribution in [-0.2, 0) is 13.1 Å². The number of halogens is 2. The number of nitrogens with zero attached hydrogens (tertiary/aromatic N) is 3. The van der Waals surface area contributed by atoms with Gasteiger partial charge in [0.2, 0.25) is 5.69 Å². The number of aryl methyl sites for hydroxylation is 1. The molecule has 1 heterocycles. The van der Waals surface area contributed by atoms with Gasteiger partial charge in [-0.15, -0.1) is 0 Å². The molecule has 34 heavy (non-hydrogen) atoms. The molecule has 0 spiro atoms. The van der Waals surface area contributed by atoms with Crippen molar-refractivity contribution < 1.29 is 9.18 Å². The van der Waals surface area contributed by atoms with E-state index >= 15 is 0 Å². The van der Waals surface area contributed by atoms with Crippen LogP contribution < -0.4 is 16.6 Å². The first-order chi connectivity index (χ1) is 16.3. The molecule has 4 rings (SSSR count). The summed E-state index contributed by atoms with van der Waals surface area (Å²) in [6.07, 6.45) is 0. The summed E-state index contributed by atoms with van der Waals surface area (Å²) >= 11 is 6.06. The fourth-order valence-corrected chi connectivity index (χ4v) is 3.62. The summed E-state index contributed by atoms with van der Waals surface area (Å²) in [5.74, 6) is -1.15. The Hall–Kier alpha value is -4.04. The van der Waals surface area contributed by atoms with Gasteiger partial charge in [-0.2, -0.15) is 9.78 Å². The lowest BCUT2D eigenvalue weighted by molar-refractivity contribution is 0.0941. The molecule has 4 aromatic rings. The Morgan fingerprint density at radius 3 is 2.44 bits per heavy atom. The first kappa shape index (κ1) is 23.1. The van der Waals surface area contributed by atoms with E-state index in [0.29, 0.717) is 21.8 Å². The Morgan fingerprint density at radius 1 is 1.00 bits per heavy atom. The molecule has 3 aromatic carbocycles. The molecule has 0 fully saturated rings. The van der Waals surface area contributed by atoms with Crippen LogP contribution in [0.1, 0.15) is 27.2 Å². The topological polar surface area (TPSA) is 86.0 Å². The minimum atomic E-state index is -0.828. The number of hydrogen-bond donors (Lipinski definition) is 1. The van der Waals surface area contributed by atoms with Crippen molar-refractivity contribution in [2.24, 2.45) is 0 Å². The molecule has 1 aromatic heterocycles. The average Bonchev–Trinajstić information content (AvgIpc) is 2.81. The molecular weight excluding hydrogens is 459 g/mol. The van der Waals surface area contributed by atoms with Gasteiger partial charge in [0.25, 0.3) is 11.5 Å². The van der Waals surface area contributed by atoms with Crippen LogP contribution in [0.3, 0.4) is 0 Å². The fraction of sp³-hybridized carbons (Fsp3) is 0.120. The van der Waals surface area contributed by atoms with E-state index in [1.165, 1.54) is 24.3 Å². The molecule has 0 bridgehead atoms. The molecule has 0 aliphatic rings. The van der Waals surface area contributed by atoms with E-state index in [2.05, 4.69) is 10.4 Å². The minimum absolute atomic E-state index is 0.0537. The first-order valence-corrected chi connectivity index (χ1v) is 10.8. The monoisotopic (exact) mass is 478 g/mol. The highest BCUT2D eigenvalue weighted by atomic mass is 35.5. The third kappa shape index (κ3) is 5.13. The molecule has 9 heteroatoms. The van der Waals surface area contributed by atoms with Gasteiger partial charge in [0.15, 0.2) is 0 Å². The lowest BCUT2D eigenvalue weighted by atomic mass is 10.2. The Balaban J connectivity index is 1.77. The number of carbonyl (C=O) groups excluding carboxylic acids is 1. The molecule has 1 amide bonds. The summed E-state index contributed by atoms with van der Waals surface area (Å²) < 4.78 is 15.1. The van der Waals surface area contributed by atoms with Crippen LogP contribution in [-0.4, -0.2) is 20.3 Å². The number of hydrogen-bond acceptors (Lipinski definition) is 4. The molecule has 0 aliphatic heterocycles. The van der Waals surface area contributed by atoms with Gasteiger partial charge in [-0.1, -0.05) is 48.0 Å². The quantitative estimate of drug-likeness (QED) is 0.460. The number of rotatable bonds is 6. The van der Waals surface area contributed by atoms with Gasteiger partial charge < -0.3 is 5.32 Å². The maximum Gasteiger partial charge on any atom is 0.352 e. The van der Waals surface area contributed by atoms with Gasteiger partial charge >= 0.3 is 5.69 Å². The molecule has 7 nitrogen and oxygen atoms in total. The van der Waals surface area contributed by atoms with Crippen molar-refractivity contribution in [1.29, 1.82) is 0 Å². The van der Waals surface area contributed by atoms with Crippen molar-refractivity contribution in [3.05, 3.63) is 127 Å². The van der Waals surface area contributed by atoms with Gasteiger partial charge in [-0.25, -0.2) is 9.18 Å². The third-order valence-corrected chi connectivity index (χ3v) is 5.35. The van der Waals surface area contributed by atoms with E-state index in [0.717, 1.165) is 14.8 Å². The molecule has 0 atom stereocenters. The average molecular weight is 479 g/mol. The summed E-state index contributed by atoms with van der Waals surface area (Å²) in [6.45, 7) is 1.82. The van der Waals surface area contributed by atoms with Crippen LogP contribution in [0, 0.1) is 12.7 Å². The SMILES string of the molecule is Cc1cccc(-n2nc(C(=O)NCc3ccc(F)cc3)c(=O)n(Cc3cccc(Cl)c3)c2=O)c1. The van der Waals surface area contributed by atoms with E-state index < -0.39 is 28.7 Å². The van der Waals surface area contributed by atoms with Crippen LogP contribution in [0.2, 0.25) is 5.02 Å². The summed E-state index contributed by atoms with van der Waals surface area (Å²) in [7, 11) is 0. The van der Waals surface area contributed by atoms with E-state index in [1.54, 1.807) is 42.5 Å². The zero-order valence-corrected chi connectivity index (χ0v) is 18.9. The smallest absolute Gasteiger partial charge is 0.346 e. The van der Waals surface area contributed by atoms with E-state index in [4.69, 9.17) is 11.6 Å². The van der Waals surface area contributed by atoms with E-state index in [-0.39, 0.29) is 13.1 Å². The van der Waals surface area contributed by atoms with Gasteiger partial charge in [-0.3, -0.25) is 14.2 Å². The standard InChI is InChI=1S/C25H20ClFN4O3/c1-16-4-2-7-21(12-16)31-25(34)30(15-18-5-3-6-19(26)13-18)24(33)22(29-31)23(32)28-14-17-8-10-20(27)11-9-17/h2-13H,14-15H2,1H3,(H,28,32). The predicted molar refractivity (Wildman–Crippen MR) is 127 cm³/mol. The van der Waals surface area contributed by atoms with Crippen LogP contribution >= 0.6 is 11.6 Å². The highest BCUT2D eigenvalue weighted by Gasteiger charge is 2.20. The molecule has 1 N–H and O–H groups in total. The lowest BCUT2D eigenvalue weighted by Crippen LogP contribution is -2.46. The van der Waals surface area contributed by atoms with Crippen LogP contribution in [0.25, 0.3) is 5.69 Å². The normalized spacial score (nSPS) is 10.8. The van der Waals surface area contributed by atoms with Crippen molar-refractivity contribution in [2.45, 2.75) is 20.0 Å². The molecule has 0 radical (unpaired) electrons. The van der Waals surface area contributed by atoms with Crippen molar-refractivity contribution in [1.82, 2.24) is 19.7 Å². The van der Waals surface area contributed by atoms with Gasteiger partial charge in [0.1, 0.15) is 5.82 Å². The molecule has 0 saturated heterocycles. The second kappa shape index (κ2) is 9.84. The predicted octanol–water partition coefficient (Wildman–Crippen LogP) is 3.47. The van der Waals surface area contributed by atoms with Crippen LogP contribution in [0.4, 0.5) is 4.39 Å². The van der Waals surface area contributed by atoms with E-state index in [1.807, 2.05) is 13.0 Å². The third-order valence-electron chi connectivity index (χ3n) is 5.12. The Bertz CT molecular complexity index is 1480. The van der Waals surface area contributed by atoms with Crippen molar-refractivity contribution in [3.63, 3.8) is 0 Å².